The molecule has 3 aromatic rings. The van der Waals surface area contributed by atoms with Crippen molar-refractivity contribution in [3.05, 3.63) is 73.1 Å². The van der Waals surface area contributed by atoms with Gasteiger partial charge in [0.1, 0.15) is 18.9 Å². The van der Waals surface area contributed by atoms with Crippen molar-refractivity contribution in [3.8, 4) is 0 Å². The fourth-order valence-corrected chi connectivity index (χ4v) is 7.49. The average molecular weight is 487 g/mol. The van der Waals surface area contributed by atoms with Crippen molar-refractivity contribution in [1.82, 2.24) is 9.47 Å². The lowest BCUT2D eigenvalue weighted by Crippen LogP contribution is -2.51. The van der Waals surface area contributed by atoms with Gasteiger partial charge in [-0.05, 0) is 36.5 Å². The molecule has 1 aliphatic heterocycles. The minimum absolute atomic E-state index is 0.229. The highest BCUT2D eigenvalue weighted by atomic mass is 32.2. The van der Waals surface area contributed by atoms with E-state index < -0.39 is 18.0 Å². The summed E-state index contributed by atoms with van der Waals surface area (Å²) in [7, 11) is -4.80. The molecule has 1 saturated heterocycles. The van der Waals surface area contributed by atoms with Gasteiger partial charge in [-0.15, -0.1) is 0 Å². The third kappa shape index (κ3) is 6.73. The summed E-state index contributed by atoms with van der Waals surface area (Å²) in [6.07, 6.45) is 8.44. The topological polar surface area (TPSA) is 66.4 Å². The lowest BCUT2D eigenvalue weighted by molar-refractivity contribution is -0.678. The minimum Gasteiger partial charge on any atom is -0.299 e. The fourth-order valence-electron chi connectivity index (χ4n) is 4.45. The van der Waals surface area contributed by atoms with E-state index in [1.54, 1.807) is 0 Å². The van der Waals surface area contributed by atoms with Crippen molar-refractivity contribution in [2.24, 2.45) is 0 Å². The summed E-state index contributed by atoms with van der Waals surface area (Å²) in [6.45, 7) is 4.79. The van der Waals surface area contributed by atoms with Crippen LogP contribution in [0.25, 0.3) is 0 Å². The zero-order valence-corrected chi connectivity index (χ0v) is 20.7. The number of nitrogens with zero attached hydrogens (tertiary/aromatic N) is 3. The Morgan fingerprint density at radius 3 is 2.06 bits per heavy atom. The number of aromatic nitrogens is 2. The molecule has 0 bridgehead atoms. The van der Waals surface area contributed by atoms with E-state index in [1.807, 2.05) is 12.1 Å². The van der Waals surface area contributed by atoms with Gasteiger partial charge in [-0.2, -0.15) is 8.42 Å². The zero-order valence-electron chi connectivity index (χ0n) is 19.0. The van der Waals surface area contributed by atoms with Crippen molar-refractivity contribution in [2.45, 2.75) is 38.8 Å². The molecule has 2 aromatic carbocycles. The first-order chi connectivity index (χ1) is 16.0. The molecule has 8 heteroatoms. The summed E-state index contributed by atoms with van der Waals surface area (Å²) in [6, 6.07) is 21.1. The summed E-state index contributed by atoms with van der Waals surface area (Å²) in [4.78, 5) is 2.54. The lowest BCUT2D eigenvalue weighted by atomic mass is 10.1. The maximum Gasteiger partial charge on any atom is 0.285 e. The van der Waals surface area contributed by atoms with Crippen LogP contribution < -0.4 is 20.7 Å². The maximum atomic E-state index is 11.3. The van der Waals surface area contributed by atoms with Crippen LogP contribution in [0, 0.1) is 0 Å². The summed E-state index contributed by atoms with van der Waals surface area (Å²) < 4.78 is 36.4. The second kappa shape index (κ2) is 11.4. The molecule has 176 valence electrons. The molecule has 1 aromatic heterocycles. The van der Waals surface area contributed by atoms with Gasteiger partial charge >= 0.3 is 0 Å². The second-order valence-corrected chi connectivity index (χ2v) is 12.2. The van der Waals surface area contributed by atoms with Crippen molar-refractivity contribution in [1.29, 1.82) is 0 Å². The molecule has 1 N–H and O–H groups in total. The summed E-state index contributed by atoms with van der Waals surface area (Å²) in [5, 5.41) is 2.53. The van der Waals surface area contributed by atoms with E-state index in [0.29, 0.717) is 13.0 Å². The number of imidazole rings is 1. The van der Waals surface area contributed by atoms with Crippen LogP contribution in [0.4, 0.5) is 0 Å². The van der Waals surface area contributed by atoms with Crippen LogP contribution >= 0.6 is 7.92 Å². The molecule has 0 atom stereocenters. The highest BCUT2D eigenvalue weighted by Crippen LogP contribution is 2.31. The molecule has 0 aliphatic carbocycles. The van der Waals surface area contributed by atoms with Gasteiger partial charge in [0, 0.05) is 13.0 Å². The van der Waals surface area contributed by atoms with Gasteiger partial charge in [0.2, 0.25) is 0 Å². The summed E-state index contributed by atoms with van der Waals surface area (Å²) in [5.41, 5.74) is 1.20. The monoisotopic (exact) mass is 486 g/mol. The first-order valence-corrected chi connectivity index (χ1v) is 14.6. The SMILES string of the molecule is O=S(=O)(O)CCC[n+]1ccn(CCN2CCCCC2)c1P(c1ccccc1)c1ccccc1. The average Bonchev–Trinajstić information content (AvgIpc) is 3.21. The highest BCUT2D eigenvalue weighted by Gasteiger charge is 2.30. The zero-order chi connectivity index (χ0) is 23.1. The molecule has 33 heavy (non-hydrogen) atoms. The van der Waals surface area contributed by atoms with Gasteiger partial charge in [-0.25, -0.2) is 9.13 Å². The van der Waals surface area contributed by atoms with E-state index in [-0.39, 0.29) is 5.75 Å². The quantitative estimate of drug-likeness (QED) is 0.271. The Morgan fingerprint density at radius 1 is 0.879 bits per heavy atom. The van der Waals surface area contributed by atoms with Crippen LogP contribution in [0.2, 0.25) is 0 Å². The third-order valence-corrected chi connectivity index (χ3v) is 9.42. The number of hydrogen-bond acceptors (Lipinski definition) is 3. The summed E-state index contributed by atoms with van der Waals surface area (Å²) in [5.74, 6) is -0.229. The number of rotatable bonds is 10. The maximum absolute atomic E-state index is 11.3. The smallest absolute Gasteiger partial charge is 0.285 e. The normalized spacial score (nSPS) is 15.2. The Bertz CT molecular complexity index is 1070. The molecule has 0 radical (unpaired) electrons. The Hall–Kier alpha value is -2.05. The molecular formula is C25H33N3O3PS+. The van der Waals surface area contributed by atoms with Crippen molar-refractivity contribution >= 4 is 34.2 Å². The molecule has 1 fully saturated rings. The fraction of sp³-hybridized carbons (Fsp3) is 0.400. The first-order valence-electron chi connectivity index (χ1n) is 11.7. The predicted octanol–water partition coefficient (Wildman–Crippen LogP) is 2.30. The van der Waals surface area contributed by atoms with Crippen LogP contribution in [0.3, 0.4) is 0 Å². The minimum atomic E-state index is -3.97. The van der Waals surface area contributed by atoms with Crippen LogP contribution in [0.5, 0.6) is 0 Å². The Morgan fingerprint density at radius 2 is 1.48 bits per heavy atom. The molecule has 0 unspecified atom stereocenters. The van der Waals surface area contributed by atoms with Gasteiger partial charge in [0.15, 0.2) is 0 Å². The van der Waals surface area contributed by atoms with Gasteiger partial charge in [-0.3, -0.25) is 9.45 Å². The highest BCUT2D eigenvalue weighted by molar-refractivity contribution is 7.85. The molecule has 2 heterocycles. The van der Waals surface area contributed by atoms with Crippen molar-refractivity contribution in [2.75, 3.05) is 25.4 Å². The molecule has 0 saturated carbocycles. The molecule has 0 amide bonds. The van der Waals surface area contributed by atoms with E-state index in [1.165, 1.54) is 35.4 Å². The second-order valence-electron chi connectivity index (χ2n) is 8.53. The van der Waals surface area contributed by atoms with Crippen molar-refractivity contribution < 1.29 is 17.5 Å². The number of hydrogen-bond donors (Lipinski definition) is 1. The van der Waals surface area contributed by atoms with Gasteiger partial charge in [-0.1, -0.05) is 67.1 Å². The molecule has 6 nitrogen and oxygen atoms in total. The van der Waals surface area contributed by atoms with E-state index >= 15 is 0 Å². The number of aryl methyl sites for hydroxylation is 1. The van der Waals surface area contributed by atoms with E-state index in [2.05, 4.69) is 75.0 Å². The first kappa shape index (κ1) is 24.1. The van der Waals surface area contributed by atoms with Crippen molar-refractivity contribution in [3.63, 3.8) is 0 Å². The third-order valence-electron chi connectivity index (χ3n) is 6.08. The van der Waals surface area contributed by atoms with Gasteiger partial charge in [0.05, 0.1) is 20.2 Å². The molecule has 4 rings (SSSR count). The number of piperidine rings is 1. The van der Waals surface area contributed by atoms with E-state index in [0.717, 1.165) is 26.2 Å². The van der Waals surface area contributed by atoms with Gasteiger partial charge in [0.25, 0.3) is 15.7 Å². The van der Waals surface area contributed by atoms with Gasteiger partial charge < -0.3 is 0 Å². The van der Waals surface area contributed by atoms with Crippen LogP contribution in [-0.2, 0) is 23.2 Å². The molecule has 1 aliphatic rings. The Labute approximate surface area is 198 Å². The standard InChI is InChI=1S/C25H32N3O3PS/c29-33(30,31)22-10-17-27-20-21-28(19-18-26-15-8-3-9-16-26)25(27)32(23-11-4-1-5-12-23)24-13-6-2-7-14-24/h1-2,4-7,11-14,20-21H,3,8-10,15-19,22H2/p+1. The number of benzene rings is 2. The van der Waals surface area contributed by atoms with E-state index in [4.69, 9.17) is 0 Å². The van der Waals surface area contributed by atoms with Crippen LogP contribution in [-0.4, -0.2) is 47.8 Å². The van der Waals surface area contributed by atoms with Crippen LogP contribution in [0.1, 0.15) is 25.7 Å². The lowest BCUT2D eigenvalue weighted by Gasteiger charge is -2.26. The Balaban J connectivity index is 1.69. The predicted molar refractivity (Wildman–Crippen MR) is 135 cm³/mol. The van der Waals surface area contributed by atoms with Crippen LogP contribution in [0.15, 0.2) is 73.1 Å². The number of likely N-dealkylation sites (tertiary alicyclic amines) is 1. The molecule has 0 spiro atoms. The van der Waals surface area contributed by atoms with E-state index in [9.17, 15) is 13.0 Å². The molecular weight excluding hydrogens is 453 g/mol. The largest absolute Gasteiger partial charge is 0.299 e. The summed E-state index contributed by atoms with van der Waals surface area (Å²) >= 11 is 0. The Kier molecular flexibility index (Phi) is 8.31.